The van der Waals surface area contributed by atoms with Gasteiger partial charge < -0.3 is 95.5 Å². The third-order valence-corrected chi connectivity index (χ3v) is 27.8. The van der Waals surface area contributed by atoms with E-state index in [0.717, 1.165) is 75.7 Å². The molecule has 0 spiro atoms. The number of carbonyl (C=O) groups excluding carboxylic acids is 11. The summed E-state index contributed by atoms with van der Waals surface area (Å²) in [5, 5.41) is 51.9. The van der Waals surface area contributed by atoms with E-state index < -0.39 is 114 Å². The maximum absolute atomic E-state index is 15.3. The first-order valence-corrected chi connectivity index (χ1v) is 47.5. The SMILES string of the molecule is CCCN1C[C@@H](SCC(=O)NCCCC[C@H](NC(=O)CS[C@H]2C[C@@H]3c4cccc5[nH]cc(c45)C[C@H]3N(CCC)C2)C(=O)N[C@@H](CCCCN)C(=O)N[C@@H](CS)C(=O)N[C@@H](Cc2ccc(O)cc2)C(=O)N[C@H](Cc2c[nH]c3ccccc23)C(=O)N[C@@H](CCCCN)C(=O)N[C@@H](CC)C(=O)N[C@@H](CS)C(=O)N[C@H](C(N)=O)[C@@H](C)O)C[C@@H]2c3cccc4[nH]cc(c34)C[C@H]21. The lowest BCUT2D eigenvalue weighted by Gasteiger charge is -2.47. The molecule has 16 atom stereocenters. The van der Waals surface area contributed by atoms with Crippen LogP contribution in [-0.4, -0.2) is 252 Å². The average molecular weight is 1800 g/mol. The van der Waals surface area contributed by atoms with Crippen LogP contribution in [0.25, 0.3) is 32.7 Å². The van der Waals surface area contributed by atoms with E-state index in [1.165, 1.54) is 52.1 Å². The number of phenols is 1. The molecule has 31 nitrogen and oxygen atoms in total. The number of phenolic OH excluding ortho intramolecular Hbond substituents is 1. The fourth-order valence-electron chi connectivity index (χ4n) is 18.1. The van der Waals surface area contributed by atoms with Crippen molar-refractivity contribution in [1.82, 2.24) is 77.9 Å². The number of thioether (sulfide) groups is 2. The van der Waals surface area contributed by atoms with Crippen LogP contribution < -0.4 is 70.4 Å². The lowest BCUT2D eigenvalue weighted by atomic mass is 9.75. The number of hydrogen-bond acceptors (Lipinski definition) is 21. The zero-order valence-corrected chi connectivity index (χ0v) is 75.2. The number of hydrogen-bond donors (Lipinski definition) is 20. The number of unbranched alkanes of at least 4 members (excludes halogenated alkanes) is 3. The second-order valence-corrected chi connectivity index (χ2v) is 36.9. The lowest BCUT2D eigenvalue weighted by Crippen LogP contribution is -2.61. The normalized spacial score (nSPS) is 19.7. The van der Waals surface area contributed by atoms with Crippen LogP contribution in [0.5, 0.6) is 5.75 Å². The van der Waals surface area contributed by atoms with E-state index in [0.29, 0.717) is 85.1 Å². The number of primary amides is 1. The van der Waals surface area contributed by atoms with Crippen molar-refractivity contribution in [3.8, 4) is 5.75 Å². The average Bonchev–Trinajstić information content (AvgIpc) is 1.51. The predicted molar refractivity (Wildman–Crippen MR) is 495 cm³/mol. The second kappa shape index (κ2) is 46.9. The van der Waals surface area contributed by atoms with Crippen LogP contribution in [0.3, 0.4) is 0 Å². The molecule has 4 aliphatic rings. The van der Waals surface area contributed by atoms with Crippen molar-refractivity contribution < 1.29 is 63.0 Å². The van der Waals surface area contributed by atoms with Crippen LogP contribution in [0.4, 0.5) is 0 Å². The zero-order valence-electron chi connectivity index (χ0n) is 71.8. The number of fused-ring (bicyclic) bond motifs is 5. The first kappa shape index (κ1) is 96.3. The number of benzene rings is 4. The molecular weight excluding hydrogens is 1670 g/mol. The van der Waals surface area contributed by atoms with E-state index in [9.17, 15) is 48.6 Å². The van der Waals surface area contributed by atoms with Gasteiger partial charge in [0, 0.05) is 130 Å². The van der Waals surface area contributed by atoms with Crippen molar-refractivity contribution >= 4 is 146 Å². The second-order valence-electron chi connectivity index (χ2n) is 33.6. The van der Waals surface area contributed by atoms with Crippen molar-refractivity contribution in [3.63, 3.8) is 0 Å². The van der Waals surface area contributed by atoms with Crippen molar-refractivity contribution in [2.45, 2.75) is 238 Å². The summed E-state index contributed by atoms with van der Waals surface area (Å²) in [4.78, 5) is 173. The number of aromatic amines is 3. The van der Waals surface area contributed by atoms with E-state index >= 15 is 14.4 Å². The summed E-state index contributed by atoms with van der Waals surface area (Å²) in [6, 6.07) is 14.5. The van der Waals surface area contributed by atoms with Gasteiger partial charge in [0.25, 0.3) is 0 Å². The van der Waals surface area contributed by atoms with Crippen LogP contribution >= 0.6 is 48.8 Å². The number of aromatic hydroxyl groups is 1. The largest absolute Gasteiger partial charge is 0.508 e. The molecule has 5 heterocycles. The van der Waals surface area contributed by atoms with Gasteiger partial charge in [0.1, 0.15) is 60.1 Å². The Hall–Kier alpha value is -9.33. The molecular formula is C90H126N18O13S4. The molecule has 2 saturated heterocycles. The topological polar surface area (TPSA) is 480 Å². The Bertz CT molecular complexity index is 4850. The molecule has 11 rings (SSSR count). The number of nitrogens with two attached hydrogens (primary N) is 3. The highest BCUT2D eigenvalue weighted by molar-refractivity contribution is 8.00. The van der Waals surface area contributed by atoms with Gasteiger partial charge in [-0.2, -0.15) is 25.3 Å². The Balaban J connectivity index is 0.776. The van der Waals surface area contributed by atoms with Gasteiger partial charge in [-0.1, -0.05) is 75.4 Å². The molecule has 0 unspecified atom stereocenters. The van der Waals surface area contributed by atoms with E-state index in [1.807, 2.05) is 18.2 Å². The monoisotopic (exact) mass is 1790 g/mol. The molecule has 2 fully saturated rings. The summed E-state index contributed by atoms with van der Waals surface area (Å²) in [7, 11) is 0. The Morgan fingerprint density at radius 1 is 0.496 bits per heavy atom. The number of aliphatic hydroxyl groups excluding tert-OH is 1. The maximum Gasteiger partial charge on any atom is 0.244 e. The summed E-state index contributed by atoms with van der Waals surface area (Å²) in [6.07, 6.45) is 12.6. The number of para-hydroxylation sites is 1. The van der Waals surface area contributed by atoms with Crippen LogP contribution in [0.1, 0.15) is 163 Å². The summed E-state index contributed by atoms with van der Waals surface area (Å²) in [6.45, 7) is 11.6. The summed E-state index contributed by atoms with van der Waals surface area (Å²) in [5.41, 5.74) is 26.7. The molecule has 7 aromatic rings. The predicted octanol–water partition coefficient (Wildman–Crippen LogP) is 4.52. The standard InChI is InChI=1S/C90H126N18O13S4/c1-5-34-107-45-57(40-62-60-19-16-25-66-79(60)54(43-96-66)38-75(62)107)124-49-77(111)94-33-15-12-24-68(98-78(112)50-125-58-41-63-61-20-17-26-67-80(61)55(44-97-67)39-76(63)108(46-58)35-6-2)84(115)100-70(23-11-14-32-92)86(117)105-73(47-122)89(120)102-71(36-52-27-29-56(110)30-28-52)87(118)103-72(37-53-42-95-65-21-9-8-18-59(53)65)88(119)101-69(22-10-13-31-91)85(116)99-64(7-3)83(114)104-74(48-123)90(121)106-81(51(4)109)82(93)113/h8-9,16-21,25-30,42-44,51,57-58,62-64,68-76,81,95-97,109-110,122-123H,5-7,10-15,22-24,31-41,45-50,91-92H2,1-4H3,(H2,93,113)(H,94,111)(H,98,112)(H,99,116)(H,100,115)(H,101,119)(H,102,120)(H,103,118)(H,104,114)(H,105,117)(H,106,121)/t51-,57+,58+,62-,63-,64+,68+,69+,70+,71+,72-,73+,74+,75-,76-,81+/m1/s1. The number of likely N-dealkylation sites (tertiary alicyclic amines) is 2. The van der Waals surface area contributed by atoms with Crippen molar-refractivity contribution in [1.29, 1.82) is 0 Å². The Labute approximate surface area is 749 Å². The van der Waals surface area contributed by atoms with Crippen molar-refractivity contribution in [2.24, 2.45) is 17.2 Å². The summed E-state index contributed by atoms with van der Waals surface area (Å²) in [5.74, 6) is -7.73. The molecule has 4 aromatic carbocycles. The van der Waals surface area contributed by atoms with Gasteiger partial charge in [-0.05, 0) is 200 Å². The van der Waals surface area contributed by atoms with E-state index in [-0.39, 0.29) is 109 Å². The summed E-state index contributed by atoms with van der Waals surface area (Å²) < 4.78 is 0. The molecule has 0 bridgehead atoms. The van der Waals surface area contributed by atoms with Gasteiger partial charge in [-0.3, -0.25) is 62.5 Å². The minimum Gasteiger partial charge on any atom is -0.508 e. The first-order valence-electron chi connectivity index (χ1n) is 44.1. The quantitative estimate of drug-likeness (QED) is 0.0184. The van der Waals surface area contributed by atoms with Crippen molar-refractivity contribution in [3.05, 3.63) is 137 Å². The number of thiol groups is 2. The molecule has 11 amide bonds. The number of nitrogens with zero attached hydrogens (tertiary/aromatic N) is 2. The molecule has 678 valence electrons. The minimum atomic E-state index is -1.52. The van der Waals surface area contributed by atoms with Gasteiger partial charge in [0.15, 0.2) is 0 Å². The summed E-state index contributed by atoms with van der Waals surface area (Å²) >= 11 is 12.0. The van der Waals surface area contributed by atoms with Gasteiger partial charge in [0.2, 0.25) is 65.0 Å². The number of carbonyl (C=O) groups is 11. The Morgan fingerprint density at radius 2 is 0.928 bits per heavy atom. The number of nitrogens with one attached hydrogen (secondary N) is 13. The first-order chi connectivity index (χ1) is 60.3. The molecule has 0 radical (unpaired) electrons. The third-order valence-electron chi connectivity index (χ3n) is 24.5. The number of aliphatic hydroxyl groups is 1. The lowest BCUT2D eigenvalue weighted by molar-refractivity contribution is -0.136. The van der Waals surface area contributed by atoms with Crippen LogP contribution in [-0.2, 0) is 78.4 Å². The molecule has 3 aromatic heterocycles. The highest BCUT2D eigenvalue weighted by atomic mass is 32.2. The number of H-pyrrole nitrogens is 3. The molecule has 125 heavy (non-hydrogen) atoms. The molecule has 2 aliphatic carbocycles. The van der Waals surface area contributed by atoms with Gasteiger partial charge in [-0.25, -0.2) is 0 Å². The van der Waals surface area contributed by atoms with Crippen LogP contribution in [0.2, 0.25) is 0 Å². The third kappa shape index (κ3) is 25.6. The van der Waals surface area contributed by atoms with Gasteiger partial charge in [-0.15, -0.1) is 23.5 Å². The number of aromatic nitrogens is 3. The molecule has 35 heteroatoms. The van der Waals surface area contributed by atoms with Crippen molar-refractivity contribution in [2.75, 3.05) is 68.8 Å². The minimum absolute atomic E-state index is 0.00586. The fourth-order valence-corrected chi connectivity index (χ4v) is 20.9. The molecule has 2 aliphatic heterocycles. The van der Waals surface area contributed by atoms with E-state index in [4.69, 9.17) is 17.2 Å². The van der Waals surface area contributed by atoms with E-state index in [2.05, 4.69) is 166 Å². The van der Waals surface area contributed by atoms with Crippen LogP contribution in [0.15, 0.2) is 104 Å². The number of rotatable bonds is 49. The van der Waals surface area contributed by atoms with Crippen LogP contribution in [0, 0.1) is 0 Å². The highest BCUT2D eigenvalue weighted by Gasteiger charge is 2.44. The van der Waals surface area contributed by atoms with Gasteiger partial charge >= 0.3 is 0 Å². The number of amides is 11. The maximum atomic E-state index is 15.3. The van der Waals surface area contributed by atoms with E-state index in [1.54, 1.807) is 54.8 Å². The fraction of sp³-hybridized carbons (Fsp3) is 0.544. The Morgan fingerprint density at radius 3 is 1.42 bits per heavy atom. The molecule has 21 N–H and O–H groups in total. The smallest absolute Gasteiger partial charge is 0.244 e. The number of piperidine rings is 2. The molecule has 0 saturated carbocycles. The zero-order chi connectivity index (χ0) is 89.4. The Kier molecular flexibility index (Phi) is 36.2. The van der Waals surface area contributed by atoms with Gasteiger partial charge in [0.05, 0.1) is 17.6 Å². The highest BCUT2D eigenvalue weighted by Crippen LogP contribution is 2.47.